The Bertz CT molecular complexity index is 923. The Balaban J connectivity index is 2.40. The molecule has 0 saturated carbocycles. The van der Waals surface area contributed by atoms with Crippen LogP contribution < -0.4 is 0 Å². The monoisotopic (exact) mass is 356 g/mol. The lowest BCUT2D eigenvalue weighted by molar-refractivity contribution is 1.70. The van der Waals surface area contributed by atoms with Crippen molar-refractivity contribution in [2.45, 2.75) is 0 Å². The molecule has 0 aliphatic carbocycles. The molecule has 4 rings (SSSR count). The maximum Gasteiger partial charge on any atom is 0.0183 e. The highest BCUT2D eigenvalue weighted by Gasteiger charge is 2.12. The number of allylic oxidation sites excluding steroid dienone is 1. The van der Waals surface area contributed by atoms with Crippen molar-refractivity contribution < 1.29 is 0 Å². The van der Waals surface area contributed by atoms with E-state index in [0.717, 1.165) is 0 Å². The van der Waals surface area contributed by atoms with Crippen LogP contribution in [-0.4, -0.2) is 8.53 Å². The molecule has 0 N–H and O–H groups in total. The molecule has 19 heavy (non-hydrogen) atoms. The molecule has 1 aliphatic rings. The van der Waals surface area contributed by atoms with Gasteiger partial charge in [-0.1, -0.05) is 65.2 Å². The maximum atomic E-state index is 4.45. The summed E-state index contributed by atoms with van der Waals surface area (Å²) in [5.74, 6) is 0. The molecule has 3 aromatic carbocycles. The molecule has 0 radical (unpaired) electrons. The Morgan fingerprint density at radius 3 is 2.05 bits per heavy atom. The molecule has 0 nitrogen and oxygen atoms in total. The standard InChI is InChI=1S/C18H13I/c1-19-12-6-11-17-15-8-3-2-7-13(15)14-9-4-5-10-16(14)18(17)19/h2-12H,1H2. The zero-order valence-corrected chi connectivity index (χ0v) is 12.6. The summed E-state index contributed by atoms with van der Waals surface area (Å²) in [4.78, 5) is 0. The summed E-state index contributed by atoms with van der Waals surface area (Å²) in [6, 6.07) is 17.5. The average molecular weight is 356 g/mol. The highest BCUT2D eigenvalue weighted by atomic mass is 127. The summed E-state index contributed by atoms with van der Waals surface area (Å²) >= 11 is -1.40. The van der Waals surface area contributed by atoms with Gasteiger partial charge < -0.3 is 0 Å². The van der Waals surface area contributed by atoms with Crippen molar-refractivity contribution in [1.82, 2.24) is 0 Å². The minimum Gasteiger partial charge on any atom is -0.123 e. The van der Waals surface area contributed by atoms with Gasteiger partial charge in [0.25, 0.3) is 0 Å². The molecule has 0 amide bonds. The van der Waals surface area contributed by atoms with E-state index in [1.807, 2.05) is 0 Å². The lowest BCUT2D eigenvalue weighted by atomic mass is 9.97. The van der Waals surface area contributed by atoms with Gasteiger partial charge in [-0.2, -0.15) is 0 Å². The van der Waals surface area contributed by atoms with E-state index in [1.54, 1.807) is 0 Å². The third kappa shape index (κ3) is 1.58. The highest BCUT2D eigenvalue weighted by molar-refractivity contribution is 14.2. The van der Waals surface area contributed by atoms with Crippen LogP contribution in [0.4, 0.5) is 0 Å². The molecule has 0 spiro atoms. The van der Waals surface area contributed by atoms with E-state index in [4.69, 9.17) is 0 Å². The van der Waals surface area contributed by atoms with Crippen LogP contribution in [-0.2, 0) is 0 Å². The second-order valence-electron chi connectivity index (χ2n) is 4.70. The molecule has 0 bridgehead atoms. The van der Waals surface area contributed by atoms with Gasteiger partial charge in [0.05, 0.1) is 0 Å². The summed E-state index contributed by atoms with van der Waals surface area (Å²) in [5.41, 5.74) is 1.40. The summed E-state index contributed by atoms with van der Waals surface area (Å²) in [5, 5.41) is 5.49. The van der Waals surface area contributed by atoms with Crippen LogP contribution in [0.15, 0.2) is 54.6 Å². The molecule has 1 heterocycles. The number of halogens is 1. The molecule has 0 unspecified atom stereocenters. The summed E-state index contributed by atoms with van der Waals surface area (Å²) in [6.45, 7) is 0. The Hall–Kier alpha value is -1.61. The van der Waals surface area contributed by atoms with E-state index in [-0.39, 0.29) is 0 Å². The number of benzene rings is 3. The van der Waals surface area contributed by atoms with Crippen molar-refractivity contribution in [2.75, 3.05) is 0 Å². The van der Waals surface area contributed by atoms with Crippen molar-refractivity contribution in [3.05, 3.63) is 63.7 Å². The van der Waals surface area contributed by atoms with Crippen LogP contribution in [0, 0.1) is 3.57 Å². The normalized spacial score (nSPS) is 14.5. The second-order valence-corrected chi connectivity index (χ2v) is 8.77. The molecule has 0 fully saturated rings. The number of hydrogen-bond donors (Lipinski definition) is 0. The molecule has 0 aromatic heterocycles. The first-order chi connectivity index (χ1) is 9.36. The van der Waals surface area contributed by atoms with Gasteiger partial charge in [-0.3, -0.25) is 0 Å². The third-order valence-electron chi connectivity index (χ3n) is 3.64. The van der Waals surface area contributed by atoms with Gasteiger partial charge in [0.2, 0.25) is 0 Å². The molecule has 0 atom stereocenters. The van der Waals surface area contributed by atoms with E-state index in [0.29, 0.717) is 0 Å². The molecule has 1 heteroatoms. The predicted octanol–water partition coefficient (Wildman–Crippen LogP) is 4.93. The van der Waals surface area contributed by atoms with E-state index in [1.165, 1.54) is 30.7 Å². The van der Waals surface area contributed by atoms with Crippen LogP contribution >= 0.6 is 18.9 Å². The van der Waals surface area contributed by atoms with Gasteiger partial charge in [-0.25, -0.2) is 0 Å². The van der Waals surface area contributed by atoms with Crippen LogP contribution in [0.1, 0.15) is 5.56 Å². The predicted molar refractivity (Wildman–Crippen MR) is 96.4 cm³/mol. The first-order valence-electron chi connectivity index (χ1n) is 6.28. The van der Waals surface area contributed by atoms with Gasteiger partial charge >= 0.3 is 0 Å². The molecule has 0 saturated heterocycles. The van der Waals surface area contributed by atoms with Crippen LogP contribution in [0.25, 0.3) is 27.6 Å². The Morgan fingerprint density at radius 1 is 0.737 bits per heavy atom. The third-order valence-corrected chi connectivity index (χ3v) is 7.47. The fourth-order valence-electron chi connectivity index (χ4n) is 2.83. The zero-order chi connectivity index (χ0) is 12.8. The number of hydrogen-bond acceptors (Lipinski definition) is 0. The number of rotatable bonds is 0. The zero-order valence-electron chi connectivity index (χ0n) is 10.4. The Labute approximate surface area is 118 Å². The van der Waals surface area contributed by atoms with Crippen molar-refractivity contribution >= 4 is 55.0 Å². The molecule has 3 aromatic rings. The number of fused-ring (bicyclic) bond motifs is 6. The fourth-order valence-corrected chi connectivity index (χ4v) is 6.34. The average Bonchev–Trinajstić information content (AvgIpc) is 2.47. The van der Waals surface area contributed by atoms with E-state index in [2.05, 4.69) is 69.2 Å². The quantitative estimate of drug-likeness (QED) is 0.396. The SMILES string of the molecule is C=I1=CC=Cc2c1c1ccccc1c1ccccc21. The Morgan fingerprint density at radius 2 is 1.32 bits per heavy atom. The largest absolute Gasteiger partial charge is 0.123 e. The van der Waals surface area contributed by atoms with Crippen molar-refractivity contribution in [3.8, 4) is 0 Å². The van der Waals surface area contributed by atoms with Gasteiger partial charge in [-0.05, 0) is 31.1 Å². The van der Waals surface area contributed by atoms with Gasteiger partial charge in [-0.15, -0.1) is 18.9 Å². The van der Waals surface area contributed by atoms with Gasteiger partial charge in [0.15, 0.2) is 0 Å². The summed E-state index contributed by atoms with van der Waals surface area (Å²) in [7, 11) is 0. The minimum absolute atomic E-state index is 1.35. The molecular formula is C18H13I. The van der Waals surface area contributed by atoms with E-state index < -0.39 is 18.9 Å². The molecule has 92 valence electrons. The van der Waals surface area contributed by atoms with Crippen LogP contribution in [0.3, 0.4) is 0 Å². The topological polar surface area (TPSA) is 0 Å². The summed E-state index contributed by atoms with van der Waals surface area (Å²) in [6.07, 6.45) is 4.45. The molecular weight excluding hydrogens is 343 g/mol. The smallest absolute Gasteiger partial charge is 0.0183 e. The lowest BCUT2D eigenvalue weighted by Gasteiger charge is -2.15. The lowest BCUT2D eigenvalue weighted by Crippen LogP contribution is -1.92. The van der Waals surface area contributed by atoms with Crippen LogP contribution in [0.5, 0.6) is 0 Å². The second kappa shape index (κ2) is 4.20. The minimum atomic E-state index is -1.40. The first-order valence-corrected chi connectivity index (χ1v) is 10.1. The van der Waals surface area contributed by atoms with Gasteiger partial charge in [0, 0.05) is 3.57 Å². The summed E-state index contributed by atoms with van der Waals surface area (Å²) < 4.78 is 8.29. The van der Waals surface area contributed by atoms with E-state index in [9.17, 15) is 0 Å². The first kappa shape index (κ1) is 11.2. The highest BCUT2D eigenvalue weighted by Crippen LogP contribution is 2.39. The van der Waals surface area contributed by atoms with Crippen molar-refractivity contribution in [3.63, 3.8) is 0 Å². The molecule has 1 aliphatic heterocycles. The van der Waals surface area contributed by atoms with E-state index >= 15 is 0 Å². The fraction of sp³-hybridized carbons (Fsp3) is 0. The van der Waals surface area contributed by atoms with Gasteiger partial charge in [0.1, 0.15) is 0 Å². The van der Waals surface area contributed by atoms with Crippen molar-refractivity contribution in [2.24, 2.45) is 0 Å². The maximum absolute atomic E-state index is 4.45. The van der Waals surface area contributed by atoms with Crippen LogP contribution in [0.2, 0.25) is 0 Å². The van der Waals surface area contributed by atoms with Crippen molar-refractivity contribution in [1.29, 1.82) is 0 Å². The Kier molecular flexibility index (Phi) is 2.49.